The fourth-order valence-corrected chi connectivity index (χ4v) is 14.6. The lowest BCUT2D eigenvalue weighted by molar-refractivity contribution is 0.0911. The number of aliphatic hydroxyl groups is 1. The average Bonchev–Trinajstić information content (AvgIpc) is 0.827. The van der Waals surface area contributed by atoms with Crippen molar-refractivity contribution in [2.24, 2.45) is 0 Å². The van der Waals surface area contributed by atoms with Crippen LogP contribution in [0.1, 0.15) is 123 Å². The molecular weight excluding hydrogens is 1780 g/mol. The molecular formula is C95H90Cl8N14O10. The highest BCUT2D eigenvalue weighted by molar-refractivity contribution is 6.38. The third-order valence-electron chi connectivity index (χ3n) is 19.6. The zero-order chi connectivity index (χ0) is 91.1. The summed E-state index contributed by atoms with van der Waals surface area (Å²) < 4.78 is 4.90. The third kappa shape index (κ3) is 28.9. The van der Waals surface area contributed by atoms with Gasteiger partial charge in [-0.2, -0.15) is 0 Å². The summed E-state index contributed by atoms with van der Waals surface area (Å²) in [5.74, 6) is -2.67. The number of anilines is 4. The Kier molecular flexibility index (Phi) is 37.5. The van der Waals surface area contributed by atoms with E-state index in [1.165, 1.54) is 42.5 Å². The SMILES string of the molecule is CCN(CC)CCCNC(=O)c1ccc(C(=O)Nc2ccc(Cl)c(-c3ccccn3)c2)c(Cl)c1.CN1CCC(NC(=O)c2ccc(C(=O)Nc3ccc(Cl)c(-c4ccccn4)c3)c(Cl)c2)CC1.COCCNC(=O)c1ccc(C(=O)Nc2ccc(Cl)c(-c3ccccn3)c2)c(Cl)c1.C[C@H](O)CNC(=O)c1ccc(C(=O)Nc2ccc(Cl)c(-c3ccccn3)c2)c(Cl)c1. The molecule has 8 amide bonds. The van der Waals surface area contributed by atoms with Gasteiger partial charge in [0, 0.05) is 125 Å². The van der Waals surface area contributed by atoms with Crippen LogP contribution in [0.3, 0.4) is 0 Å². The molecule has 1 atom stereocenters. The third-order valence-corrected chi connectivity index (χ3v) is 22.2. The monoisotopic (exact) mass is 1870 g/mol. The van der Waals surface area contributed by atoms with Crippen LogP contribution in [0, 0.1) is 0 Å². The van der Waals surface area contributed by atoms with Crippen molar-refractivity contribution < 1.29 is 48.2 Å². The summed E-state index contributed by atoms with van der Waals surface area (Å²) in [6.45, 7) is 12.1. The van der Waals surface area contributed by atoms with Crippen molar-refractivity contribution in [3.05, 3.63) is 328 Å². The number of amides is 8. The van der Waals surface area contributed by atoms with E-state index in [0.29, 0.717) is 130 Å². The lowest BCUT2D eigenvalue weighted by atomic mass is 10.0. The van der Waals surface area contributed by atoms with E-state index in [0.717, 1.165) is 52.0 Å². The Hall–Kier alpha value is -11.7. The summed E-state index contributed by atoms with van der Waals surface area (Å²) in [5.41, 5.74) is 10.3. The number of aromatic nitrogens is 4. The van der Waals surface area contributed by atoms with Crippen molar-refractivity contribution >= 4 is 163 Å². The Balaban J connectivity index is 0.000000177. The number of ether oxygens (including phenoxy) is 1. The number of benzene rings is 8. The number of hydrogen-bond acceptors (Lipinski definition) is 16. The zero-order valence-corrected chi connectivity index (χ0v) is 75.6. The predicted molar refractivity (Wildman–Crippen MR) is 507 cm³/mol. The minimum atomic E-state index is -0.662. The molecule has 24 nitrogen and oxygen atoms in total. The quantitative estimate of drug-likeness (QED) is 0.0206. The van der Waals surface area contributed by atoms with Crippen LogP contribution in [-0.4, -0.2) is 167 Å². The zero-order valence-electron chi connectivity index (χ0n) is 69.6. The van der Waals surface area contributed by atoms with E-state index in [4.69, 9.17) is 97.5 Å². The summed E-state index contributed by atoms with van der Waals surface area (Å²) >= 11 is 50.4. The van der Waals surface area contributed by atoms with Gasteiger partial charge in [-0.3, -0.25) is 58.3 Å². The molecule has 1 saturated heterocycles. The Bertz CT molecular complexity index is 5840. The molecule has 9 N–H and O–H groups in total. The maximum Gasteiger partial charge on any atom is 0.257 e. The van der Waals surface area contributed by atoms with Gasteiger partial charge in [-0.15, -0.1) is 0 Å². The molecule has 1 fully saturated rings. The lowest BCUT2D eigenvalue weighted by Crippen LogP contribution is -2.43. The van der Waals surface area contributed by atoms with Crippen LogP contribution in [0.2, 0.25) is 40.2 Å². The van der Waals surface area contributed by atoms with Gasteiger partial charge in [-0.1, -0.05) is 131 Å². The molecule has 0 radical (unpaired) electrons. The maximum absolute atomic E-state index is 12.8. The summed E-state index contributed by atoms with van der Waals surface area (Å²) in [6, 6.07) is 61.1. The molecule has 5 heterocycles. The first-order chi connectivity index (χ1) is 61.2. The molecule has 0 saturated carbocycles. The van der Waals surface area contributed by atoms with E-state index in [1.54, 1.807) is 148 Å². The minimum Gasteiger partial charge on any atom is -0.392 e. The van der Waals surface area contributed by atoms with Gasteiger partial charge in [0.05, 0.1) is 97.9 Å². The molecule has 1 aliphatic rings. The first-order valence-electron chi connectivity index (χ1n) is 40.2. The van der Waals surface area contributed by atoms with Gasteiger partial charge in [-0.25, -0.2) is 0 Å². The van der Waals surface area contributed by atoms with E-state index < -0.39 is 17.9 Å². The van der Waals surface area contributed by atoms with Gasteiger partial charge in [0.2, 0.25) is 0 Å². The molecule has 4 aromatic heterocycles. The highest BCUT2D eigenvalue weighted by Gasteiger charge is 2.24. The lowest BCUT2D eigenvalue weighted by Gasteiger charge is -2.29. The number of piperidine rings is 1. The number of hydrogen-bond donors (Lipinski definition) is 9. The first-order valence-corrected chi connectivity index (χ1v) is 43.2. The molecule has 8 aromatic carbocycles. The van der Waals surface area contributed by atoms with Crippen molar-refractivity contribution in [3.63, 3.8) is 0 Å². The summed E-state index contributed by atoms with van der Waals surface area (Å²) in [5, 5.41) is 34.6. The summed E-state index contributed by atoms with van der Waals surface area (Å²) in [6.07, 6.45) is 8.73. The molecule has 1 aliphatic heterocycles. The van der Waals surface area contributed by atoms with E-state index in [9.17, 15) is 43.5 Å². The van der Waals surface area contributed by atoms with Crippen molar-refractivity contribution in [1.29, 1.82) is 0 Å². The molecule has 0 aliphatic carbocycles. The number of rotatable bonds is 28. The number of pyridine rings is 4. The number of likely N-dealkylation sites (tertiary alicyclic amines) is 1. The van der Waals surface area contributed by atoms with Crippen LogP contribution in [0.5, 0.6) is 0 Å². The van der Waals surface area contributed by atoms with Crippen molar-refractivity contribution in [1.82, 2.24) is 51.0 Å². The van der Waals surface area contributed by atoms with Crippen LogP contribution >= 0.6 is 92.8 Å². The van der Waals surface area contributed by atoms with Crippen molar-refractivity contribution in [3.8, 4) is 45.0 Å². The number of carbonyl (C=O) groups is 8. The standard InChI is InChI=1S/C26H28Cl2N4O2.C25H24Cl2N4O2.2C22H19Cl2N3O3/c1-3-32(4-2)15-7-14-30-25(33)18-9-11-20(23(28)16-18)26(34)31-19-10-12-22(27)21(17-19)24-8-5-6-13-29-24;1-31-12-9-17(10-13-31)29-24(32)16-5-7-19(22(27)14-16)25(33)30-18-6-8-21(26)20(15-18)23-4-2-3-11-28-23;1-13(28)12-26-21(29)14-5-7-16(19(24)10-14)22(30)27-15-6-8-18(23)17(11-15)20-4-2-3-9-25-20;1-30-11-10-26-21(28)14-5-7-16(19(24)12-14)22(29)27-15-6-8-18(23)17(13-15)20-4-2-3-9-25-20/h5-6,8-13,16-17H,3-4,7,14-15H2,1-2H3,(H,30,33)(H,31,34);2-8,11,14-15,17H,9-10,12-13H2,1H3,(H,29,32)(H,30,33);2-11,13,28H,12H2,1H3,(H,26,29)(H,27,30);2-9,12-13H,10-11H2,1H3,(H,26,28)(H,27,29)/t;;13-;/m..0./s1. The van der Waals surface area contributed by atoms with Crippen molar-refractivity contribution in [2.75, 3.05) is 94.4 Å². The molecule has 12 aromatic rings. The second-order valence-corrected chi connectivity index (χ2v) is 32.0. The Morgan fingerprint density at radius 3 is 0.992 bits per heavy atom. The normalized spacial score (nSPS) is 11.9. The molecule has 127 heavy (non-hydrogen) atoms. The Morgan fingerprint density at radius 2 is 0.709 bits per heavy atom. The van der Waals surface area contributed by atoms with E-state index in [-0.39, 0.29) is 90.4 Å². The van der Waals surface area contributed by atoms with Crippen LogP contribution < -0.4 is 42.5 Å². The van der Waals surface area contributed by atoms with E-state index >= 15 is 0 Å². The molecule has 656 valence electrons. The van der Waals surface area contributed by atoms with E-state index in [1.807, 2.05) is 66.7 Å². The first kappa shape index (κ1) is 97.5. The summed E-state index contributed by atoms with van der Waals surface area (Å²) in [4.78, 5) is 122. The molecule has 0 spiro atoms. The smallest absolute Gasteiger partial charge is 0.257 e. The topological polar surface area (TPSA) is 320 Å². The highest BCUT2D eigenvalue weighted by Crippen LogP contribution is 2.35. The van der Waals surface area contributed by atoms with Gasteiger partial charge in [0.1, 0.15) is 0 Å². The Morgan fingerprint density at radius 1 is 0.402 bits per heavy atom. The predicted octanol–water partition coefficient (Wildman–Crippen LogP) is 20.0. The second-order valence-electron chi connectivity index (χ2n) is 28.7. The minimum absolute atomic E-state index is 0.119. The number of nitrogens with zero attached hydrogens (tertiary/aromatic N) is 6. The summed E-state index contributed by atoms with van der Waals surface area (Å²) in [7, 11) is 3.63. The van der Waals surface area contributed by atoms with E-state index in [2.05, 4.69) is 93.2 Å². The fraction of sp³-hybridized carbons (Fsp3) is 0.200. The van der Waals surface area contributed by atoms with Crippen LogP contribution in [-0.2, 0) is 4.74 Å². The average molecular weight is 1870 g/mol. The van der Waals surface area contributed by atoms with Crippen LogP contribution in [0.15, 0.2) is 243 Å². The molecule has 0 bridgehead atoms. The molecule has 32 heteroatoms. The van der Waals surface area contributed by atoms with Gasteiger partial charge < -0.3 is 62.2 Å². The maximum atomic E-state index is 12.8. The molecule has 0 unspecified atom stereocenters. The highest BCUT2D eigenvalue weighted by atomic mass is 35.5. The number of aliphatic hydroxyl groups excluding tert-OH is 1. The Labute approximate surface area is 775 Å². The number of methoxy groups -OCH3 is 1. The second kappa shape index (κ2) is 48.8. The number of nitrogens with one attached hydrogen (secondary N) is 8. The van der Waals surface area contributed by atoms with Gasteiger partial charge in [0.25, 0.3) is 47.3 Å². The number of halogens is 8. The largest absolute Gasteiger partial charge is 0.392 e. The number of carbonyl (C=O) groups excluding carboxylic acids is 8. The van der Waals surface area contributed by atoms with Gasteiger partial charge in [-0.05, 0) is 260 Å². The fourth-order valence-electron chi connectivity index (χ4n) is 12.7. The van der Waals surface area contributed by atoms with Gasteiger partial charge >= 0.3 is 0 Å². The molecule has 13 rings (SSSR count). The van der Waals surface area contributed by atoms with Crippen molar-refractivity contribution in [2.45, 2.75) is 52.2 Å². The van der Waals surface area contributed by atoms with Crippen LogP contribution in [0.4, 0.5) is 22.7 Å². The van der Waals surface area contributed by atoms with Gasteiger partial charge in [0.15, 0.2) is 0 Å². The van der Waals surface area contributed by atoms with Crippen LogP contribution in [0.25, 0.3) is 45.0 Å².